The van der Waals surface area contributed by atoms with E-state index in [2.05, 4.69) is 26.8 Å². The number of hydrogen-bond donors (Lipinski definition) is 2. The van der Waals surface area contributed by atoms with Gasteiger partial charge < -0.3 is 15.1 Å². The van der Waals surface area contributed by atoms with Crippen LogP contribution in [0.5, 0.6) is 0 Å². The smallest absolute Gasteiger partial charge is 0.287 e. The molecule has 0 saturated heterocycles. The predicted molar refractivity (Wildman–Crippen MR) is 136 cm³/mol. The molecule has 2 saturated carbocycles. The van der Waals surface area contributed by atoms with Gasteiger partial charge in [0.15, 0.2) is 5.76 Å². The predicted octanol–water partition coefficient (Wildman–Crippen LogP) is 4.23. The summed E-state index contributed by atoms with van der Waals surface area (Å²) in [5, 5.41) is 19.9. The highest BCUT2D eigenvalue weighted by molar-refractivity contribution is 6.00. The van der Waals surface area contributed by atoms with Crippen LogP contribution in [0.25, 0.3) is 27.8 Å². The minimum absolute atomic E-state index is 0.0645. The summed E-state index contributed by atoms with van der Waals surface area (Å²) in [6.45, 7) is 0. The fourth-order valence-corrected chi connectivity index (χ4v) is 4.96. The first-order chi connectivity index (χ1) is 18.4. The molecule has 2 amide bonds. The molecule has 0 atom stereocenters. The molecule has 6 rings (SSSR count). The van der Waals surface area contributed by atoms with Crippen molar-refractivity contribution < 1.29 is 18.4 Å². The Morgan fingerprint density at radius 1 is 1.03 bits per heavy atom. The monoisotopic (exact) mass is 512 g/mol. The van der Waals surface area contributed by atoms with Crippen LogP contribution in [0, 0.1) is 11.3 Å². The van der Waals surface area contributed by atoms with Gasteiger partial charge in [0.25, 0.3) is 5.91 Å². The summed E-state index contributed by atoms with van der Waals surface area (Å²) in [5.41, 5.74) is 1.11. The normalized spacial score (nSPS) is 21.9. The van der Waals surface area contributed by atoms with Crippen molar-refractivity contribution in [3.8, 4) is 22.9 Å². The molecule has 2 aromatic carbocycles. The van der Waals surface area contributed by atoms with Crippen molar-refractivity contribution in [2.75, 3.05) is 0 Å². The Bertz CT molecular complexity index is 1540. The number of rotatable bonds is 6. The van der Waals surface area contributed by atoms with E-state index in [1.54, 1.807) is 17.1 Å². The molecule has 0 radical (unpaired) electrons. The van der Waals surface area contributed by atoms with Gasteiger partial charge in [0.2, 0.25) is 5.91 Å². The largest absolute Gasteiger partial charge is 0.451 e. The second kappa shape index (κ2) is 9.10. The lowest BCUT2D eigenvalue weighted by molar-refractivity contribution is -0.129. The lowest BCUT2D eigenvalue weighted by Gasteiger charge is -2.38. The van der Waals surface area contributed by atoms with Gasteiger partial charge in [0.1, 0.15) is 35.5 Å². The maximum absolute atomic E-state index is 14.0. The van der Waals surface area contributed by atoms with E-state index in [0.717, 1.165) is 22.2 Å². The van der Waals surface area contributed by atoms with Crippen molar-refractivity contribution >= 4 is 22.8 Å². The molecule has 10 heteroatoms. The van der Waals surface area contributed by atoms with E-state index < -0.39 is 29.1 Å². The molecular weight excluding hydrogens is 487 g/mol. The minimum Gasteiger partial charge on any atom is -0.451 e. The van der Waals surface area contributed by atoms with E-state index in [1.165, 1.54) is 6.33 Å². The molecule has 2 N–H and O–H groups in total. The number of hydrogen-bond acceptors (Lipinski definition) is 6. The second-order valence-corrected chi connectivity index (χ2v) is 10.1. The van der Waals surface area contributed by atoms with Crippen molar-refractivity contribution in [2.45, 2.75) is 55.8 Å². The van der Waals surface area contributed by atoms with E-state index in [0.29, 0.717) is 18.4 Å². The van der Waals surface area contributed by atoms with Crippen molar-refractivity contribution in [1.29, 1.82) is 5.26 Å². The average Bonchev–Trinajstić information content (AvgIpc) is 3.30. The lowest BCUT2D eigenvalue weighted by atomic mass is 9.79. The summed E-state index contributed by atoms with van der Waals surface area (Å²) in [4.78, 5) is 30.5. The summed E-state index contributed by atoms with van der Waals surface area (Å²) in [7, 11) is 0. The first kappa shape index (κ1) is 23.9. The molecule has 38 heavy (non-hydrogen) atoms. The number of benzene rings is 2. The lowest BCUT2D eigenvalue weighted by Crippen LogP contribution is -2.62. The van der Waals surface area contributed by atoms with Crippen LogP contribution in [-0.2, 0) is 4.79 Å². The van der Waals surface area contributed by atoms with E-state index in [1.807, 2.05) is 42.5 Å². The van der Waals surface area contributed by atoms with Crippen LogP contribution in [0.15, 0.2) is 65.6 Å². The van der Waals surface area contributed by atoms with Crippen LogP contribution in [0.2, 0.25) is 0 Å². The average molecular weight is 513 g/mol. The highest BCUT2D eigenvalue weighted by atomic mass is 19.1. The number of furan rings is 1. The molecular formula is C28H25FN6O3. The number of halogens is 1. The highest BCUT2D eigenvalue weighted by Gasteiger charge is 2.51. The minimum atomic E-state index is -1.29. The molecule has 2 aromatic heterocycles. The molecule has 2 fully saturated rings. The van der Waals surface area contributed by atoms with E-state index in [4.69, 9.17) is 4.42 Å². The molecule has 4 aromatic rings. The first-order valence-corrected chi connectivity index (χ1v) is 12.6. The molecule has 0 spiro atoms. The highest BCUT2D eigenvalue weighted by Crippen LogP contribution is 2.37. The maximum atomic E-state index is 14.0. The molecule has 2 heterocycles. The van der Waals surface area contributed by atoms with Gasteiger partial charge in [-0.05, 0) is 73.9 Å². The number of nitrogens with zero attached hydrogens (tertiary/aromatic N) is 4. The second-order valence-electron chi connectivity index (χ2n) is 10.1. The van der Waals surface area contributed by atoms with E-state index in [9.17, 15) is 19.2 Å². The third-order valence-corrected chi connectivity index (χ3v) is 7.50. The van der Waals surface area contributed by atoms with Crippen LogP contribution in [0.3, 0.4) is 0 Å². The van der Waals surface area contributed by atoms with Gasteiger partial charge in [-0.25, -0.2) is 14.1 Å². The summed E-state index contributed by atoms with van der Waals surface area (Å²) in [6.07, 6.45) is 3.85. The van der Waals surface area contributed by atoms with Gasteiger partial charge in [-0.1, -0.05) is 24.3 Å². The number of amides is 2. The number of fused-ring (bicyclic) bond motifs is 1. The van der Waals surface area contributed by atoms with Crippen LogP contribution in [0.4, 0.5) is 4.39 Å². The third-order valence-electron chi connectivity index (χ3n) is 7.50. The van der Waals surface area contributed by atoms with Crippen molar-refractivity contribution in [3.05, 3.63) is 66.9 Å². The first-order valence-electron chi connectivity index (χ1n) is 12.6. The zero-order valence-electron chi connectivity index (χ0n) is 20.5. The van der Waals surface area contributed by atoms with Gasteiger partial charge in [-0.2, -0.15) is 10.4 Å². The van der Waals surface area contributed by atoms with E-state index >= 15 is 0 Å². The fourth-order valence-electron chi connectivity index (χ4n) is 4.96. The summed E-state index contributed by atoms with van der Waals surface area (Å²) in [6, 6.07) is 17.2. The Kier molecular flexibility index (Phi) is 5.71. The Labute approximate surface area is 217 Å². The van der Waals surface area contributed by atoms with Gasteiger partial charge in [-0.15, -0.1) is 0 Å². The van der Waals surface area contributed by atoms with E-state index in [-0.39, 0.29) is 31.4 Å². The third kappa shape index (κ3) is 4.41. The van der Waals surface area contributed by atoms with Crippen molar-refractivity contribution in [1.82, 2.24) is 25.4 Å². The summed E-state index contributed by atoms with van der Waals surface area (Å²) < 4.78 is 21.5. The molecule has 9 nitrogen and oxygen atoms in total. The van der Waals surface area contributed by atoms with Gasteiger partial charge in [-0.3, -0.25) is 9.59 Å². The number of nitrogens with one attached hydrogen (secondary N) is 2. The van der Waals surface area contributed by atoms with Crippen LogP contribution in [-0.4, -0.2) is 43.8 Å². The number of aromatic nitrogens is 3. The standard InChI is InChI=1S/C28H25FN6O3/c29-21-7-9-28(10-8-21,26(37)34-27(15-30)11-12-27)33-25(36)24-14-20-2-1-19(13-23(20)38-24)18-3-5-22(6-4-18)35-17-31-16-32-35/h1-6,13-14,16-17,21H,7-12H2,(H,33,36)(H,34,37). The SMILES string of the molecule is N#CC1(NC(=O)C2(NC(=O)c3cc4ccc(-c5ccc(-n6cncn6)cc5)cc4o3)CCC(F)CC2)CC1. The van der Waals surface area contributed by atoms with Crippen LogP contribution < -0.4 is 10.6 Å². The number of nitriles is 1. The fraction of sp³-hybridized carbons (Fsp3) is 0.321. The van der Waals surface area contributed by atoms with Crippen molar-refractivity contribution in [3.63, 3.8) is 0 Å². The Hall–Kier alpha value is -4.52. The van der Waals surface area contributed by atoms with Crippen LogP contribution >= 0.6 is 0 Å². The number of alkyl halides is 1. The van der Waals surface area contributed by atoms with Gasteiger partial charge in [0.05, 0.1) is 11.8 Å². The summed E-state index contributed by atoms with van der Waals surface area (Å²) in [5.74, 6) is -0.923. The quantitative estimate of drug-likeness (QED) is 0.398. The number of carbonyl (C=O) groups excluding carboxylic acids is 2. The molecule has 192 valence electrons. The Morgan fingerprint density at radius 3 is 2.42 bits per heavy atom. The molecule has 2 aliphatic rings. The van der Waals surface area contributed by atoms with Gasteiger partial charge in [0, 0.05) is 5.39 Å². The Morgan fingerprint density at radius 2 is 1.76 bits per heavy atom. The molecule has 2 aliphatic carbocycles. The number of carbonyl (C=O) groups is 2. The zero-order valence-corrected chi connectivity index (χ0v) is 20.5. The molecule has 0 bridgehead atoms. The Balaban J connectivity index is 1.23. The summed E-state index contributed by atoms with van der Waals surface area (Å²) >= 11 is 0. The zero-order chi connectivity index (χ0) is 26.3. The van der Waals surface area contributed by atoms with Gasteiger partial charge >= 0.3 is 0 Å². The molecule has 0 aliphatic heterocycles. The van der Waals surface area contributed by atoms with Crippen molar-refractivity contribution in [2.24, 2.45) is 0 Å². The van der Waals surface area contributed by atoms with Crippen LogP contribution in [0.1, 0.15) is 49.1 Å². The topological polar surface area (TPSA) is 126 Å². The maximum Gasteiger partial charge on any atom is 0.287 e. The molecule has 0 unspecified atom stereocenters.